The molecule has 2 N–H and O–H groups in total. The van der Waals surface area contributed by atoms with Gasteiger partial charge < -0.3 is 5.73 Å². The zero-order valence-corrected chi connectivity index (χ0v) is 10.0. The minimum absolute atomic E-state index is 0.0996. The normalized spacial score (nSPS) is 10.5. The Labute approximate surface area is 103 Å². The van der Waals surface area contributed by atoms with E-state index >= 15 is 0 Å². The van der Waals surface area contributed by atoms with Gasteiger partial charge in [0.1, 0.15) is 17.5 Å². The van der Waals surface area contributed by atoms with Crippen LogP contribution in [0.15, 0.2) is 24.4 Å². The van der Waals surface area contributed by atoms with Gasteiger partial charge in [0.2, 0.25) is 0 Å². The molecule has 2 aromatic rings. The van der Waals surface area contributed by atoms with Gasteiger partial charge in [-0.15, -0.1) is 0 Å². The number of benzene rings is 1. The molecular weight excluding hydrogens is 241 g/mol. The number of nitrogen functional groups attached to an aromatic ring is 1. The van der Waals surface area contributed by atoms with Gasteiger partial charge in [0.05, 0.1) is 5.02 Å². The van der Waals surface area contributed by atoms with E-state index in [1.165, 1.54) is 6.07 Å². The van der Waals surface area contributed by atoms with Crippen LogP contribution in [0.3, 0.4) is 0 Å². The van der Waals surface area contributed by atoms with Gasteiger partial charge in [-0.05, 0) is 18.6 Å². The summed E-state index contributed by atoms with van der Waals surface area (Å²) in [5, 5.41) is 0.0996. The summed E-state index contributed by atoms with van der Waals surface area (Å²) < 4.78 is 13.6. The molecule has 0 aliphatic heterocycles. The minimum atomic E-state index is -0.433. The van der Waals surface area contributed by atoms with Crippen molar-refractivity contribution < 1.29 is 4.39 Å². The van der Waals surface area contributed by atoms with Crippen LogP contribution in [0.2, 0.25) is 5.02 Å². The number of hydrogen-bond acceptors (Lipinski definition) is 3. The molecular formula is C12H11ClFN3. The number of anilines is 1. The van der Waals surface area contributed by atoms with E-state index in [-0.39, 0.29) is 11.4 Å². The van der Waals surface area contributed by atoms with Crippen molar-refractivity contribution in [3.63, 3.8) is 0 Å². The molecule has 0 unspecified atom stereocenters. The van der Waals surface area contributed by atoms with Crippen molar-refractivity contribution in [3.8, 4) is 0 Å². The van der Waals surface area contributed by atoms with Crippen molar-refractivity contribution in [3.05, 3.63) is 52.2 Å². The fraction of sp³-hybridized carbons (Fsp3) is 0.167. The number of hydrogen-bond donors (Lipinski definition) is 1. The largest absolute Gasteiger partial charge is 0.383 e. The van der Waals surface area contributed by atoms with E-state index in [1.807, 2.05) is 6.92 Å². The van der Waals surface area contributed by atoms with E-state index in [4.69, 9.17) is 17.3 Å². The fourth-order valence-electron chi connectivity index (χ4n) is 1.43. The lowest BCUT2D eigenvalue weighted by Gasteiger charge is -2.05. The summed E-state index contributed by atoms with van der Waals surface area (Å²) in [6, 6.07) is 4.85. The van der Waals surface area contributed by atoms with Crippen LogP contribution in [0.25, 0.3) is 0 Å². The topological polar surface area (TPSA) is 51.8 Å². The van der Waals surface area contributed by atoms with E-state index < -0.39 is 5.82 Å². The molecule has 0 bridgehead atoms. The molecule has 17 heavy (non-hydrogen) atoms. The van der Waals surface area contributed by atoms with Crippen molar-refractivity contribution in [1.82, 2.24) is 9.97 Å². The summed E-state index contributed by atoms with van der Waals surface area (Å²) in [7, 11) is 0. The van der Waals surface area contributed by atoms with Crippen molar-refractivity contribution in [2.75, 3.05) is 5.73 Å². The van der Waals surface area contributed by atoms with Gasteiger partial charge >= 0.3 is 0 Å². The molecule has 0 fully saturated rings. The molecule has 2 rings (SSSR count). The Bertz CT molecular complexity index is 557. The van der Waals surface area contributed by atoms with Crippen molar-refractivity contribution >= 4 is 17.4 Å². The van der Waals surface area contributed by atoms with Gasteiger partial charge in [0.25, 0.3) is 0 Å². The van der Waals surface area contributed by atoms with E-state index in [0.29, 0.717) is 17.2 Å². The highest BCUT2D eigenvalue weighted by molar-refractivity contribution is 6.30. The molecule has 1 aromatic heterocycles. The lowest BCUT2D eigenvalue weighted by molar-refractivity contribution is 0.612. The van der Waals surface area contributed by atoms with Gasteiger partial charge in [0, 0.05) is 18.2 Å². The molecule has 3 nitrogen and oxygen atoms in total. The first-order chi connectivity index (χ1) is 8.08. The van der Waals surface area contributed by atoms with E-state index in [9.17, 15) is 4.39 Å². The van der Waals surface area contributed by atoms with Crippen LogP contribution in [-0.4, -0.2) is 9.97 Å². The third kappa shape index (κ3) is 2.53. The third-order valence-corrected chi connectivity index (χ3v) is 2.73. The van der Waals surface area contributed by atoms with Gasteiger partial charge in [-0.2, -0.15) is 0 Å². The van der Waals surface area contributed by atoms with Gasteiger partial charge in [0.15, 0.2) is 0 Å². The standard InChI is InChI=1S/C12H11ClFN3/c1-7-6-16-10(17-12(7)15)5-8-3-2-4-9(13)11(8)14/h2-4,6H,5H2,1H3,(H2,15,16,17). The average molecular weight is 252 g/mol. The summed E-state index contributed by atoms with van der Waals surface area (Å²) in [6.45, 7) is 1.82. The first kappa shape index (κ1) is 11.8. The molecule has 0 aliphatic rings. The van der Waals surface area contributed by atoms with E-state index in [0.717, 1.165) is 5.56 Å². The average Bonchev–Trinajstić information content (AvgIpc) is 2.30. The van der Waals surface area contributed by atoms with Crippen LogP contribution in [0.4, 0.5) is 10.2 Å². The van der Waals surface area contributed by atoms with Crippen LogP contribution in [0, 0.1) is 12.7 Å². The first-order valence-corrected chi connectivity index (χ1v) is 5.46. The quantitative estimate of drug-likeness (QED) is 0.893. The van der Waals surface area contributed by atoms with Gasteiger partial charge in [-0.25, -0.2) is 14.4 Å². The summed E-state index contributed by atoms with van der Waals surface area (Å²) in [6.07, 6.45) is 1.90. The SMILES string of the molecule is Cc1cnc(Cc2cccc(Cl)c2F)nc1N. The molecule has 0 saturated carbocycles. The summed E-state index contributed by atoms with van der Waals surface area (Å²) in [4.78, 5) is 8.20. The Hall–Kier alpha value is -1.68. The highest BCUT2D eigenvalue weighted by Gasteiger charge is 2.09. The summed E-state index contributed by atoms with van der Waals surface area (Å²) >= 11 is 5.70. The molecule has 1 heterocycles. The Morgan fingerprint density at radius 3 is 2.88 bits per heavy atom. The molecule has 0 atom stereocenters. The second-order valence-electron chi connectivity index (χ2n) is 3.74. The van der Waals surface area contributed by atoms with Gasteiger partial charge in [-0.1, -0.05) is 23.7 Å². The predicted molar refractivity (Wildman–Crippen MR) is 65.4 cm³/mol. The van der Waals surface area contributed by atoms with E-state index in [2.05, 4.69) is 9.97 Å². The van der Waals surface area contributed by atoms with Crippen LogP contribution < -0.4 is 5.73 Å². The zero-order valence-electron chi connectivity index (χ0n) is 9.24. The highest BCUT2D eigenvalue weighted by atomic mass is 35.5. The number of aryl methyl sites for hydroxylation is 1. The monoisotopic (exact) mass is 251 g/mol. The Kier molecular flexibility index (Phi) is 3.24. The number of aromatic nitrogens is 2. The highest BCUT2D eigenvalue weighted by Crippen LogP contribution is 2.19. The molecule has 88 valence electrons. The van der Waals surface area contributed by atoms with Crippen LogP contribution in [-0.2, 0) is 6.42 Å². The predicted octanol–water partition coefficient (Wildman–Crippen LogP) is 2.75. The maximum Gasteiger partial charge on any atom is 0.145 e. The molecule has 0 amide bonds. The Morgan fingerprint density at radius 1 is 1.41 bits per heavy atom. The number of rotatable bonds is 2. The Balaban J connectivity index is 2.31. The summed E-state index contributed by atoms with van der Waals surface area (Å²) in [5.74, 6) is 0.462. The van der Waals surface area contributed by atoms with Crippen molar-refractivity contribution in [2.45, 2.75) is 13.3 Å². The maximum atomic E-state index is 13.6. The lowest BCUT2D eigenvalue weighted by Crippen LogP contribution is -2.03. The minimum Gasteiger partial charge on any atom is -0.383 e. The zero-order chi connectivity index (χ0) is 12.4. The fourth-order valence-corrected chi connectivity index (χ4v) is 1.63. The number of nitrogens with zero attached hydrogens (tertiary/aromatic N) is 2. The van der Waals surface area contributed by atoms with Crippen molar-refractivity contribution in [2.24, 2.45) is 0 Å². The first-order valence-electron chi connectivity index (χ1n) is 5.09. The van der Waals surface area contributed by atoms with Crippen LogP contribution >= 0.6 is 11.6 Å². The van der Waals surface area contributed by atoms with Crippen molar-refractivity contribution in [1.29, 1.82) is 0 Å². The number of nitrogens with two attached hydrogens (primary N) is 1. The molecule has 0 saturated heterocycles. The molecule has 0 radical (unpaired) electrons. The number of halogens is 2. The lowest BCUT2D eigenvalue weighted by atomic mass is 10.1. The van der Waals surface area contributed by atoms with Gasteiger partial charge in [-0.3, -0.25) is 0 Å². The second-order valence-corrected chi connectivity index (χ2v) is 4.15. The van der Waals surface area contributed by atoms with Crippen LogP contribution in [0.1, 0.15) is 17.0 Å². The van der Waals surface area contributed by atoms with Crippen LogP contribution in [0.5, 0.6) is 0 Å². The summed E-state index contributed by atoms with van der Waals surface area (Å²) in [5.41, 5.74) is 6.94. The third-order valence-electron chi connectivity index (χ3n) is 2.44. The van der Waals surface area contributed by atoms with E-state index in [1.54, 1.807) is 18.3 Å². The smallest absolute Gasteiger partial charge is 0.145 e. The molecule has 0 aliphatic carbocycles. The molecule has 5 heteroatoms. The molecule has 0 spiro atoms. The second kappa shape index (κ2) is 4.67. The Morgan fingerprint density at radius 2 is 2.18 bits per heavy atom. The maximum absolute atomic E-state index is 13.6. The molecule has 1 aromatic carbocycles.